The van der Waals surface area contributed by atoms with Gasteiger partial charge in [-0.1, -0.05) is 26.0 Å². The van der Waals surface area contributed by atoms with E-state index in [2.05, 4.69) is 5.32 Å². The van der Waals surface area contributed by atoms with Gasteiger partial charge < -0.3 is 19.4 Å². The van der Waals surface area contributed by atoms with Gasteiger partial charge in [0.1, 0.15) is 11.3 Å². The maximum atomic E-state index is 13.0. The number of para-hydroxylation sites is 1. The predicted molar refractivity (Wildman–Crippen MR) is 111 cm³/mol. The first-order valence-electron chi connectivity index (χ1n) is 9.12. The Morgan fingerprint density at radius 3 is 2.31 bits per heavy atom. The number of carbonyl (C=O) groups is 2. The van der Waals surface area contributed by atoms with Crippen LogP contribution >= 0.6 is 0 Å². The number of amides is 1. The number of aromatic nitrogens is 1. The topological polar surface area (TPSA) is 86.6 Å². The molecule has 1 heterocycles. The molecule has 7 nitrogen and oxygen atoms in total. The first-order chi connectivity index (χ1) is 13.8. The van der Waals surface area contributed by atoms with Crippen LogP contribution in [-0.4, -0.2) is 23.6 Å². The van der Waals surface area contributed by atoms with Crippen LogP contribution in [0.15, 0.2) is 53.3 Å². The van der Waals surface area contributed by atoms with E-state index in [9.17, 15) is 14.4 Å². The largest absolute Gasteiger partial charge is 0.497 e. The van der Waals surface area contributed by atoms with E-state index in [1.54, 1.807) is 76.5 Å². The van der Waals surface area contributed by atoms with Crippen LogP contribution in [0.25, 0.3) is 10.9 Å². The number of hydrogen-bond donors (Lipinski definition) is 1. The van der Waals surface area contributed by atoms with Crippen molar-refractivity contribution in [2.45, 2.75) is 13.8 Å². The highest BCUT2D eigenvalue weighted by molar-refractivity contribution is 6.09. The third kappa shape index (κ3) is 3.99. The molecule has 3 rings (SSSR count). The summed E-state index contributed by atoms with van der Waals surface area (Å²) in [7, 11) is 3.12. The number of nitrogens with zero attached hydrogens (tertiary/aromatic N) is 1. The highest BCUT2D eigenvalue weighted by Gasteiger charge is 2.25. The fraction of sp³-hybridized carbons (Fsp3) is 0.227. The van der Waals surface area contributed by atoms with Crippen molar-refractivity contribution in [3.63, 3.8) is 0 Å². The van der Waals surface area contributed by atoms with E-state index >= 15 is 0 Å². The molecule has 0 aliphatic rings. The molecule has 0 saturated carbocycles. The molecule has 1 amide bonds. The van der Waals surface area contributed by atoms with Crippen molar-refractivity contribution in [1.82, 2.24) is 4.57 Å². The van der Waals surface area contributed by atoms with E-state index < -0.39 is 23.4 Å². The summed E-state index contributed by atoms with van der Waals surface area (Å²) in [5.41, 5.74) is 0.259. The zero-order valence-electron chi connectivity index (χ0n) is 16.7. The van der Waals surface area contributed by atoms with Crippen molar-refractivity contribution in [2.24, 2.45) is 13.0 Å². The lowest BCUT2D eigenvalue weighted by molar-refractivity contribution is -0.137. The van der Waals surface area contributed by atoms with Gasteiger partial charge in [0.15, 0.2) is 5.75 Å². The van der Waals surface area contributed by atoms with Crippen LogP contribution in [0.3, 0.4) is 0 Å². The minimum absolute atomic E-state index is 0.0339. The van der Waals surface area contributed by atoms with Gasteiger partial charge in [-0.25, -0.2) is 0 Å². The van der Waals surface area contributed by atoms with Crippen LogP contribution in [0.1, 0.15) is 24.2 Å². The summed E-state index contributed by atoms with van der Waals surface area (Å²) in [6, 6.07) is 13.7. The number of rotatable bonds is 5. The molecule has 0 fully saturated rings. The third-order valence-corrected chi connectivity index (χ3v) is 4.50. The second-order valence-corrected chi connectivity index (χ2v) is 6.84. The molecule has 29 heavy (non-hydrogen) atoms. The Morgan fingerprint density at radius 1 is 1.03 bits per heavy atom. The van der Waals surface area contributed by atoms with Crippen molar-refractivity contribution < 1.29 is 19.1 Å². The Kier molecular flexibility index (Phi) is 5.68. The Bertz CT molecular complexity index is 1130. The van der Waals surface area contributed by atoms with Crippen LogP contribution in [0.2, 0.25) is 0 Å². The van der Waals surface area contributed by atoms with Crippen LogP contribution in [0.5, 0.6) is 11.5 Å². The molecule has 3 aromatic rings. The molecule has 0 saturated heterocycles. The van der Waals surface area contributed by atoms with E-state index in [0.29, 0.717) is 22.3 Å². The lowest BCUT2D eigenvalue weighted by Gasteiger charge is -2.16. The molecule has 0 spiro atoms. The average molecular weight is 394 g/mol. The molecule has 7 heteroatoms. The second kappa shape index (κ2) is 8.18. The lowest BCUT2D eigenvalue weighted by atomic mass is 10.1. The quantitative estimate of drug-likeness (QED) is 0.671. The number of aryl methyl sites for hydroxylation is 1. The summed E-state index contributed by atoms with van der Waals surface area (Å²) in [4.78, 5) is 38.3. The molecule has 0 unspecified atom stereocenters. The first kappa shape index (κ1) is 20.1. The van der Waals surface area contributed by atoms with Gasteiger partial charge in [-0.2, -0.15) is 0 Å². The molecule has 0 aliphatic carbocycles. The van der Waals surface area contributed by atoms with Gasteiger partial charge in [-0.15, -0.1) is 0 Å². The second-order valence-electron chi connectivity index (χ2n) is 6.84. The molecular weight excluding hydrogens is 372 g/mol. The van der Waals surface area contributed by atoms with E-state index in [4.69, 9.17) is 9.47 Å². The van der Waals surface area contributed by atoms with Crippen LogP contribution in [0, 0.1) is 5.92 Å². The number of nitrogens with one attached hydrogen (secondary N) is 1. The number of ether oxygens (including phenoxy) is 2. The number of hydrogen-bond acceptors (Lipinski definition) is 5. The Labute approximate surface area is 167 Å². The molecule has 0 bridgehead atoms. The maximum Gasteiger partial charge on any atom is 0.313 e. The van der Waals surface area contributed by atoms with Crippen molar-refractivity contribution in [1.29, 1.82) is 0 Å². The fourth-order valence-corrected chi connectivity index (χ4v) is 2.86. The van der Waals surface area contributed by atoms with Gasteiger partial charge in [0.25, 0.3) is 11.5 Å². The summed E-state index contributed by atoms with van der Waals surface area (Å²) in [5, 5.41) is 3.19. The number of fused-ring (bicyclic) bond motifs is 1. The molecule has 150 valence electrons. The number of benzene rings is 2. The zero-order valence-corrected chi connectivity index (χ0v) is 16.7. The van der Waals surface area contributed by atoms with E-state index in [-0.39, 0.29) is 11.3 Å². The summed E-state index contributed by atoms with van der Waals surface area (Å²) >= 11 is 0. The maximum absolute atomic E-state index is 13.0. The highest BCUT2D eigenvalue weighted by Crippen LogP contribution is 2.29. The van der Waals surface area contributed by atoms with Crippen molar-refractivity contribution in [3.8, 4) is 11.5 Å². The lowest BCUT2D eigenvalue weighted by Crippen LogP contribution is -2.30. The van der Waals surface area contributed by atoms with Gasteiger partial charge in [-0.3, -0.25) is 14.4 Å². The SMILES string of the molecule is COc1ccc(NC(=O)c2c(OC(=O)C(C)C)c3ccccc3n(C)c2=O)cc1. The molecule has 1 N–H and O–H groups in total. The number of methoxy groups -OCH3 is 1. The average Bonchev–Trinajstić information content (AvgIpc) is 2.72. The zero-order chi connectivity index (χ0) is 21.1. The van der Waals surface area contributed by atoms with Crippen molar-refractivity contribution in [3.05, 3.63) is 64.4 Å². The molecule has 0 radical (unpaired) electrons. The van der Waals surface area contributed by atoms with Gasteiger partial charge in [0.05, 0.1) is 18.5 Å². The van der Waals surface area contributed by atoms with E-state index in [1.165, 1.54) is 4.57 Å². The minimum atomic E-state index is -0.659. The van der Waals surface area contributed by atoms with Crippen LogP contribution in [-0.2, 0) is 11.8 Å². The van der Waals surface area contributed by atoms with E-state index in [1.807, 2.05) is 0 Å². The van der Waals surface area contributed by atoms with Gasteiger partial charge >= 0.3 is 5.97 Å². The summed E-state index contributed by atoms with van der Waals surface area (Å²) in [6.07, 6.45) is 0. The predicted octanol–water partition coefficient (Wildman–Crippen LogP) is 3.36. The van der Waals surface area contributed by atoms with E-state index in [0.717, 1.165) is 0 Å². The molecule has 0 aliphatic heterocycles. The van der Waals surface area contributed by atoms with Crippen LogP contribution in [0.4, 0.5) is 5.69 Å². The number of esters is 1. The Balaban J connectivity index is 2.13. The number of carbonyl (C=O) groups excluding carboxylic acids is 2. The first-order valence-corrected chi connectivity index (χ1v) is 9.12. The summed E-state index contributed by atoms with van der Waals surface area (Å²) in [6.45, 7) is 3.37. The Morgan fingerprint density at radius 2 is 1.69 bits per heavy atom. The molecule has 0 atom stereocenters. The fourth-order valence-electron chi connectivity index (χ4n) is 2.86. The smallest absolute Gasteiger partial charge is 0.313 e. The summed E-state index contributed by atoms with van der Waals surface area (Å²) in [5.74, 6) is -1.00. The Hall–Kier alpha value is -3.61. The minimum Gasteiger partial charge on any atom is -0.497 e. The molecule has 1 aromatic heterocycles. The molecular formula is C22H22N2O5. The van der Waals surface area contributed by atoms with Gasteiger partial charge in [0.2, 0.25) is 0 Å². The third-order valence-electron chi connectivity index (χ3n) is 4.50. The number of pyridine rings is 1. The standard InChI is InChI=1S/C22H22N2O5/c1-13(2)22(27)29-19-16-7-5-6-8-17(16)24(3)21(26)18(19)20(25)23-14-9-11-15(28-4)12-10-14/h5-13H,1-4H3,(H,23,25). The molecule has 2 aromatic carbocycles. The summed E-state index contributed by atoms with van der Waals surface area (Å²) < 4.78 is 12.0. The van der Waals surface area contributed by atoms with Gasteiger partial charge in [-0.05, 0) is 36.4 Å². The normalized spacial score (nSPS) is 10.8. The van der Waals surface area contributed by atoms with Crippen molar-refractivity contribution >= 4 is 28.5 Å². The van der Waals surface area contributed by atoms with Crippen molar-refractivity contribution in [2.75, 3.05) is 12.4 Å². The highest BCUT2D eigenvalue weighted by atomic mass is 16.5. The van der Waals surface area contributed by atoms with Gasteiger partial charge in [0, 0.05) is 18.1 Å². The monoisotopic (exact) mass is 394 g/mol. The van der Waals surface area contributed by atoms with Crippen LogP contribution < -0.4 is 20.3 Å². The number of anilines is 1.